The summed E-state index contributed by atoms with van der Waals surface area (Å²) in [5.74, 6) is 3.92. The zero-order chi connectivity index (χ0) is 10.2. The van der Waals surface area contributed by atoms with Crippen LogP contribution in [0.15, 0.2) is 12.2 Å². The Balaban J connectivity index is 1.77. The van der Waals surface area contributed by atoms with Crippen molar-refractivity contribution in [3.63, 3.8) is 0 Å². The lowest BCUT2D eigenvalue weighted by Crippen LogP contribution is -2.48. The maximum absolute atomic E-state index is 4.32. The molecule has 15 heavy (non-hydrogen) atoms. The first-order valence-corrected chi connectivity index (χ1v) is 6.67. The van der Waals surface area contributed by atoms with Crippen LogP contribution in [0.25, 0.3) is 0 Å². The molecule has 82 valence electrons. The van der Waals surface area contributed by atoms with Gasteiger partial charge in [0.15, 0.2) is 0 Å². The maximum atomic E-state index is 4.32. The molecule has 0 aromatic heterocycles. The van der Waals surface area contributed by atoms with E-state index in [1.165, 1.54) is 32.2 Å². The third-order valence-corrected chi connectivity index (χ3v) is 5.75. The summed E-state index contributed by atoms with van der Waals surface area (Å²) >= 11 is 0. The largest absolute Gasteiger partial charge is 0.296 e. The highest BCUT2D eigenvalue weighted by atomic mass is 15.3. The molecule has 3 heterocycles. The van der Waals surface area contributed by atoms with Gasteiger partial charge in [0.1, 0.15) is 0 Å². The van der Waals surface area contributed by atoms with Crippen LogP contribution < -0.4 is 0 Å². The number of fused-ring (bicyclic) bond motifs is 2. The Bertz CT molecular complexity index is 319. The average molecular weight is 203 g/mol. The lowest BCUT2D eigenvalue weighted by Gasteiger charge is -2.45. The second-order valence-corrected chi connectivity index (χ2v) is 6.53. The molecule has 0 spiro atoms. The van der Waals surface area contributed by atoms with Crippen molar-refractivity contribution < 1.29 is 0 Å². The Morgan fingerprint density at radius 1 is 1.13 bits per heavy atom. The van der Waals surface area contributed by atoms with Gasteiger partial charge in [-0.3, -0.25) is 4.90 Å². The Labute approximate surface area is 92.5 Å². The van der Waals surface area contributed by atoms with Crippen molar-refractivity contribution in [2.24, 2.45) is 23.7 Å². The molecule has 4 fully saturated rings. The lowest BCUT2D eigenvalue weighted by atomic mass is 9.70. The maximum Gasteiger partial charge on any atom is 0.0167 e. The van der Waals surface area contributed by atoms with Gasteiger partial charge >= 0.3 is 0 Å². The highest BCUT2D eigenvalue weighted by Gasteiger charge is 2.57. The highest BCUT2D eigenvalue weighted by Crippen LogP contribution is 2.57. The van der Waals surface area contributed by atoms with Crippen molar-refractivity contribution in [3.8, 4) is 0 Å². The van der Waals surface area contributed by atoms with E-state index in [4.69, 9.17) is 0 Å². The van der Waals surface area contributed by atoms with Gasteiger partial charge in [0.2, 0.25) is 0 Å². The molecule has 5 bridgehead atoms. The first-order chi connectivity index (χ1) is 7.24. The third kappa shape index (κ3) is 0.982. The van der Waals surface area contributed by atoms with Crippen LogP contribution in [0.4, 0.5) is 0 Å². The van der Waals surface area contributed by atoms with Gasteiger partial charge in [-0.15, -0.1) is 0 Å². The van der Waals surface area contributed by atoms with Crippen molar-refractivity contribution in [3.05, 3.63) is 12.2 Å². The van der Waals surface area contributed by atoms with Crippen molar-refractivity contribution in [2.75, 3.05) is 6.54 Å². The van der Waals surface area contributed by atoms with Crippen LogP contribution in [0.5, 0.6) is 0 Å². The molecular weight excluding hydrogens is 182 g/mol. The second kappa shape index (κ2) is 2.68. The van der Waals surface area contributed by atoms with E-state index in [-0.39, 0.29) is 0 Å². The molecular formula is C14H21N. The van der Waals surface area contributed by atoms with E-state index in [0.29, 0.717) is 0 Å². The number of piperidine rings is 2. The molecule has 1 heteroatoms. The predicted octanol–water partition coefficient (Wildman–Crippen LogP) is 2.68. The topological polar surface area (TPSA) is 3.24 Å². The summed E-state index contributed by atoms with van der Waals surface area (Å²) < 4.78 is 0. The molecule has 0 aromatic carbocycles. The highest BCUT2D eigenvalue weighted by molar-refractivity contribution is 5.21. The van der Waals surface area contributed by atoms with Gasteiger partial charge in [-0.1, -0.05) is 19.1 Å². The van der Waals surface area contributed by atoms with Crippen LogP contribution in [-0.4, -0.2) is 23.5 Å². The second-order valence-electron chi connectivity index (χ2n) is 6.53. The Morgan fingerprint density at radius 3 is 2.80 bits per heavy atom. The van der Waals surface area contributed by atoms with E-state index in [1.54, 1.807) is 5.57 Å². The van der Waals surface area contributed by atoms with Gasteiger partial charge in [-0.25, -0.2) is 0 Å². The quantitative estimate of drug-likeness (QED) is 0.547. The normalized spacial score (nSPS) is 61.1. The van der Waals surface area contributed by atoms with Crippen molar-refractivity contribution in [1.29, 1.82) is 0 Å². The van der Waals surface area contributed by atoms with Crippen molar-refractivity contribution in [1.82, 2.24) is 4.90 Å². The Hall–Kier alpha value is -0.300. The van der Waals surface area contributed by atoms with Gasteiger partial charge in [-0.2, -0.15) is 0 Å². The van der Waals surface area contributed by atoms with Crippen LogP contribution in [0.1, 0.15) is 32.6 Å². The molecule has 1 saturated carbocycles. The zero-order valence-electron chi connectivity index (χ0n) is 9.65. The van der Waals surface area contributed by atoms with Crippen LogP contribution in [0.2, 0.25) is 0 Å². The Morgan fingerprint density at radius 2 is 1.93 bits per heavy atom. The smallest absolute Gasteiger partial charge is 0.0167 e. The fourth-order valence-corrected chi connectivity index (χ4v) is 5.18. The van der Waals surface area contributed by atoms with E-state index < -0.39 is 0 Å². The predicted molar refractivity (Wildman–Crippen MR) is 61.5 cm³/mol. The van der Waals surface area contributed by atoms with Crippen LogP contribution in [-0.2, 0) is 0 Å². The summed E-state index contributed by atoms with van der Waals surface area (Å²) in [6.45, 7) is 8.13. The summed E-state index contributed by atoms with van der Waals surface area (Å²) in [6, 6.07) is 1.87. The fourth-order valence-electron chi connectivity index (χ4n) is 5.18. The zero-order valence-corrected chi connectivity index (χ0v) is 9.65. The number of hydrogen-bond acceptors (Lipinski definition) is 1. The minimum atomic E-state index is 0.862. The van der Waals surface area contributed by atoms with Crippen LogP contribution in [0.3, 0.4) is 0 Å². The molecule has 0 aromatic rings. The van der Waals surface area contributed by atoms with Crippen LogP contribution >= 0.6 is 0 Å². The number of nitrogens with zero attached hydrogens (tertiary/aromatic N) is 1. The van der Waals surface area contributed by atoms with Gasteiger partial charge < -0.3 is 0 Å². The summed E-state index contributed by atoms with van der Waals surface area (Å²) in [5, 5.41) is 0. The first kappa shape index (κ1) is 8.81. The van der Waals surface area contributed by atoms with E-state index in [9.17, 15) is 0 Å². The van der Waals surface area contributed by atoms with Gasteiger partial charge in [0.05, 0.1) is 0 Å². The SMILES string of the molecule is C=C1CC2C3CC(C)CC4C3CC1CN24. The summed E-state index contributed by atoms with van der Waals surface area (Å²) in [6.07, 6.45) is 5.79. The molecule has 3 aliphatic heterocycles. The fraction of sp³-hybridized carbons (Fsp3) is 0.857. The molecule has 1 nitrogen and oxygen atoms in total. The van der Waals surface area contributed by atoms with E-state index in [0.717, 1.165) is 35.8 Å². The molecule has 3 saturated heterocycles. The average Bonchev–Trinajstić information content (AvgIpc) is 2.40. The molecule has 7 atom stereocenters. The van der Waals surface area contributed by atoms with Crippen molar-refractivity contribution >= 4 is 0 Å². The van der Waals surface area contributed by atoms with E-state index >= 15 is 0 Å². The molecule has 0 amide bonds. The summed E-state index contributed by atoms with van der Waals surface area (Å²) in [4.78, 5) is 2.88. The molecule has 0 radical (unpaired) electrons. The minimum absolute atomic E-state index is 0.862. The van der Waals surface area contributed by atoms with E-state index in [2.05, 4.69) is 18.4 Å². The monoisotopic (exact) mass is 203 g/mol. The number of rotatable bonds is 0. The Kier molecular flexibility index (Phi) is 1.58. The molecule has 1 aliphatic carbocycles. The van der Waals surface area contributed by atoms with Gasteiger partial charge in [0, 0.05) is 18.6 Å². The minimum Gasteiger partial charge on any atom is -0.296 e. The van der Waals surface area contributed by atoms with Gasteiger partial charge in [0.25, 0.3) is 0 Å². The first-order valence-electron chi connectivity index (χ1n) is 6.67. The lowest BCUT2D eigenvalue weighted by molar-refractivity contribution is 0.0726. The van der Waals surface area contributed by atoms with Crippen molar-refractivity contribution in [2.45, 2.75) is 44.7 Å². The van der Waals surface area contributed by atoms with Crippen LogP contribution in [0, 0.1) is 23.7 Å². The molecule has 7 unspecified atom stereocenters. The third-order valence-electron chi connectivity index (χ3n) is 5.75. The molecule has 4 aliphatic rings. The standard InChI is InChI=1S/C14H21N/c1-8-3-11-12-6-10-7-15(13(12)4-8)14(11)5-9(10)2/h8,10-14H,2-7H2,1H3. The molecule has 4 rings (SSSR count). The van der Waals surface area contributed by atoms with E-state index in [1.807, 2.05) is 0 Å². The number of hydrogen-bond donors (Lipinski definition) is 0. The summed E-state index contributed by atoms with van der Waals surface area (Å²) in [7, 11) is 0. The summed E-state index contributed by atoms with van der Waals surface area (Å²) in [5.41, 5.74) is 1.58. The van der Waals surface area contributed by atoms with Gasteiger partial charge in [-0.05, 0) is 49.4 Å². The molecule has 0 N–H and O–H groups in total.